The number of fused-ring (bicyclic) bond motifs is 6. The molecule has 133 heavy (non-hydrogen) atoms. The minimum atomic E-state index is -1.13. The summed E-state index contributed by atoms with van der Waals surface area (Å²) in [5, 5.41) is 45.6. The van der Waals surface area contributed by atoms with Gasteiger partial charge in [0, 0.05) is 124 Å². The summed E-state index contributed by atoms with van der Waals surface area (Å²) in [5.74, 6) is 2.84. The number of imidazole rings is 3. The van der Waals surface area contributed by atoms with Crippen molar-refractivity contribution < 1.29 is 38.0 Å². The van der Waals surface area contributed by atoms with Gasteiger partial charge in [-0.1, -0.05) is 140 Å². The summed E-state index contributed by atoms with van der Waals surface area (Å²) < 4.78 is 40.2. The standard InChI is InChI=1S/C30H35N5OS3.C26H27N5S2.C23H28N5OS.C7H7BrS.CH4.ClH.H2N18.Na.H2S/c1-29(2,3)39(36)33-26-22-10-6-5-9-21(22)19-30(26)13-16-34(17-14-30)28-32-20-25(27-31-15-18-35(27)28)38-24-12-8-7-11-23(24)37-4;1-32-20-8-4-5-9-21(20)33-22-17-29-25(31-15-12-28-24(22)31)30-13-10-26(11-14-30)16-18-6-2-3-7-19(18)23(26)27;1-22(2,3)30(29)26-20-18-7-5-4-6-17(18)16-23(20)9-13-27(14-10-23)21-25-11-8-19-24-12-15-28(19)21;1-9-7-5-3-2-4-6(7)8;;;1-3-5-7-9-11-13-15-17-18-16-14-12-10-8-6-4-2;;/h5-12,15,18,20,26,33H,13-14,16-17,19H2,1-4H3;2-9,12,15,17,23H,10-11,13-14,16,27H2,1H3;4-7,11-12,15,20,26H,9-10,13-14,16H2,1-3H3;2-5H,1H3;1H4;1H;1-2H;;1H2/q;;-1;;;;;+1;/p-1/b;;;;;;3-1?,4-2?,7-5+,8-6+,11-9+,12-10+,15-13+,16-14+,18-17+;;/t26-,39-;23-;20-,30-;;;;;;/m111....../s1. The van der Waals surface area contributed by atoms with Crippen LogP contribution in [0, 0.1) is 33.4 Å². The summed E-state index contributed by atoms with van der Waals surface area (Å²) in [6.45, 7) is 17.8. The molecule has 12 aromatic rings. The zero-order valence-corrected chi connectivity index (χ0v) is 85.4. The average Bonchev–Trinajstić information content (AvgIpc) is 1.61. The van der Waals surface area contributed by atoms with Crippen LogP contribution in [0.15, 0.2) is 324 Å². The Labute approximate surface area is 843 Å². The minimum absolute atomic E-state index is 0. The van der Waals surface area contributed by atoms with Crippen molar-refractivity contribution in [2.45, 2.75) is 169 Å². The first-order chi connectivity index (χ1) is 62.6. The predicted molar refractivity (Wildman–Crippen MR) is 532 cm³/mol. The molecule has 6 aliphatic rings. The fourth-order valence-electron chi connectivity index (χ4n) is 17.1. The molecule has 6 N–H and O–H groups in total. The number of hydrogen-bond donors (Lipinski definition) is 5. The normalized spacial score (nSPS) is 17.9. The SMILES string of the molecule is C.CC(C)(C)[S@@](=O)N[C@@H]1c2ccccc2CC12CCN(c1nc[c-]c3nccn13)CC2.CSc1ccccc1Br.CSc1ccccc1Sc1cnc(N2CCC3(CC2)Cc2ccccc2[C@H]3N)n2ccnc12.CSc1ccccc1Sc1cnc(N2CCC3(CC2)Cc2ccccc2[C@H]3N[S@](=O)C(C)(C)C)n2ccnc12.Cl.N=N/N=N/N=N/N=N/N=N/N=N/N=N/N=N/N=N.[Na+].[SH-]. The molecule has 6 aromatic carbocycles. The third kappa shape index (κ3) is 25.7. The van der Waals surface area contributed by atoms with Crippen LogP contribution >= 0.6 is 87.1 Å². The monoisotopic (exact) mass is 2040 g/mol. The Hall–Kier alpha value is -8.97. The molecular formula is C87H105BrClN33NaO2S8-. The Bertz CT molecular complexity index is 6130. The quantitative estimate of drug-likeness (QED) is 0.00800. The Balaban J connectivity index is 0.000000181. The molecule has 3 saturated heterocycles. The van der Waals surface area contributed by atoms with E-state index in [2.05, 4.69) is 300 Å². The summed E-state index contributed by atoms with van der Waals surface area (Å²) in [6, 6.07) is 54.6. The number of nitrogens with one attached hydrogen (secondary N) is 4. The van der Waals surface area contributed by atoms with Gasteiger partial charge in [0.1, 0.15) is 0 Å². The number of anilines is 3. The van der Waals surface area contributed by atoms with Gasteiger partial charge in [0.15, 0.2) is 11.3 Å². The van der Waals surface area contributed by atoms with E-state index in [1.807, 2.05) is 108 Å². The van der Waals surface area contributed by atoms with E-state index in [9.17, 15) is 8.42 Å². The van der Waals surface area contributed by atoms with E-state index in [4.69, 9.17) is 31.7 Å². The molecule has 0 radical (unpaired) electrons. The predicted octanol–water partition coefficient (Wildman–Crippen LogP) is 19.9. The molecular weight excluding hydrogens is 1930 g/mol. The smallest absolute Gasteiger partial charge is 0.813 e. The van der Waals surface area contributed by atoms with Crippen molar-refractivity contribution in [2.75, 3.05) is 72.7 Å². The van der Waals surface area contributed by atoms with Gasteiger partial charge in [-0.3, -0.25) is 18.8 Å². The first kappa shape index (κ1) is 106. The number of halogens is 2. The molecule has 0 unspecified atom stereocenters. The summed E-state index contributed by atoms with van der Waals surface area (Å²) in [6.07, 6.45) is 32.9. The van der Waals surface area contributed by atoms with Crippen LogP contribution in [0.1, 0.15) is 139 Å². The van der Waals surface area contributed by atoms with E-state index in [1.54, 1.807) is 71.2 Å². The zero-order chi connectivity index (χ0) is 90.6. The number of nitrogens with zero attached hydrogens (tertiary/aromatic N) is 28. The average molecular weight is 2040 g/mol. The Morgan fingerprint density at radius 3 is 1.14 bits per heavy atom. The maximum Gasteiger partial charge on any atom is 1.00 e. The van der Waals surface area contributed by atoms with E-state index >= 15 is 0 Å². The fourth-order valence-corrected chi connectivity index (χ4v) is 23.8. The molecule has 9 heterocycles. The summed E-state index contributed by atoms with van der Waals surface area (Å²) in [7, 11) is -2.25. The number of hydrogen-bond acceptors (Lipinski definition) is 20. The Morgan fingerprint density at radius 2 is 0.759 bits per heavy atom. The molecule has 0 saturated carbocycles. The van der Waals surface area contributed by atoms with Gasteiger partial charge in [0.05, 0.1) is 53.3 Å². The molecule has 5 atom stereocenters. The number of thioether (sulfide) groups is 3. The van der Waals surface area contributed by atoms with Crippen molar-refractivity contribution in [3.63, 3.8) is 0 Å². The van der Waals surface area contributed by atoms with E-state index in [-0.39, 0.29) is 107 Å². The van der Waals surface area contributed by atoms with Gasteiger partial charge < -0.3 is 44.4 Å². The van der Waals surface area contributed by atoms with Crippen LogP contribution in [0.25, 0.3) is 16.9 Å². The van der Waals surface area contributed by atoms with E-state index in [0.717, 1.165) is 142 Å². The largest absolute Gasteiger partial charge is 1.00 e. The van der Waals surface area contributed by atoms with Crippen molar-refractivity contribution in [2.24, 2.45) is 106 Å². The van der Waals surface area contributed by atoms with E-state index in [0.29, 0.717) is 0 Å². The summed E-state index contributed by atoms with van der Waals surface area (Å²) >= 11 is 12.2. The first-order valence-electron chi connectivity index (χ1n) is 41.5. The second-order valence-corrected chi connectivity index (χ2v) is 42.6. The second kappa shape index (κ2) is 49.7. The van der Waals surface area contributed by atoms with Crippen molar-refractivity contribution in [1.29, 1.82) is 11.1 Å². The van der Waals surface area contributed by atoms with Crippen LogP contribution in [0.3, 0.4) is 0 Å². The molecule has 0 amide bonds. The number of thiol groups is 1. The van der Waals surface area contributed by atoms with Gasteiger partial charge in [0.25, 0.3) is 0 Å². The molecule has 694 valence electrons. The summed E-state index contributed by atoms with van der Waals surface area (Å²) in [5.41, 5.74) is 30.3. The van der Waals surface area contributed by atoms with Gasteiger partial charge in [-0.25, -0.2) is 37.8 Å². The van der Waals surface area contributed by atoms with Crippen LogP contribution in [0.2, 0.25) is 0 Å². The summed E-state index contributed by atoms with van der Waals surface area (Å²) in [4.78, 5) is 43.7. The van der Waals surface area contributed by atoms with Crippen molar-refractivity contribution >= 4 is 157 Å². The Kier molecular flexibility index (Phi) is 39.6. The van der Waals surface area contributed by atoms with Gasteiger partial charge >= 0.3 is 29.6 Å². The zero-order valence-electron chi connectivity index (χ0n) is 74.4. The molecule has 18 rings (SSSR count). The second-order valence-electron chi connectivity index (χ2n) is 33.0. The van der Waals surface area contributed by atoms with Gasteiger partial charge in [-0.05, 0) is 309 Å². The van der Waals surface area contributed by atoms with Gasteiger partial charge in [0.2, 0.25) is 17.8 Å². The third-order valence-corrected chi connectivity index (χ3v) is 32.4. The topological polar surface area (TPSA) is 430 Å². The van der Waals surface area contributed by atoms with Crippen molar-refractivity contribution in [3.8, 4) is 0 Å². The number of aromatic nitrogens is 9. The van der Waals surface area contributed by atoms with Crippen LogP contribution in [0.4, 0.5) is 17.8 Å². The first-order valence-corrected chi connectivity index (χ1v) is 49.9. The van der Waals surface area contributed by atoms with Gasteiger partial charge in [-0.15, -0.1) is 53.9 Å². The van der Waals surface area contributed by atoms with Crippen LogP contribution in [0.5, 0.6) is 0 Å². The van der Waals surface area contributed by atoms with E-state index < -0.39 is 22.0 Å². The molecule has 0 bridgehead atoms. The van der Waals surface area contributed by atoms with E-state index in [1.165, 1.54) is 62.3 Å². The minimum Gasteiger partial charge on any atom is -0.813 e. The molecule has 3 aliphatic heterocycles. The molecule has 3 aliphatic carbocycles. The van der Waals surface area contributed by atoms with Crippen LogP contribution in [-0.4, -0.2) is 119 Å². The molecule has 46 heteroatoms. The fraction of sp³-hybridized carbons (Fsp3) is 0.379. The number of benzene rings is 6. The van der Waals surface area contributed by atoms with Crippen molar-refractivity contribution in [3.05, 3.63) is 245 Å². The van der Waals surface area contributed by atoms with Crippen molar-refractivity contribution in [1.82, 2.24) is 52.6 Å². The number of nitrogens with two attached hydrogens (primary N) is 1. The molecule has 35 nitrogen and oxygen atoms in total. The molecule has 3 spiro atoms. The maximum absolute atomic E-state index is 13.2. The van der Waals surface area contributed by atoms with Gasteiger partial charge in [-0.2, -0.15) is 11.1 Å². The number of rotatable bonds is 22. The third-order valence-electron chi connectivity index (χ3n) is 23.5. The van der Waals surface area contributed by atoms with Crippen LogP contribution in [-0.2, 0) is 54.7 Å². The maximum atomic E-state index is 13.2. The Morgan fingerprint density at radius 1 is 0.436 bits per heavy atom. The van der Waals surface area contributed by atoms with Crippen LogP contribution < -0.4 is 59.4 Å². The number of piperidine rings is 3. The molecule has 3 fully saturated rings. The molecule has 6 aromatic heterocycles.